The average molecular weight is 280 g/mol. The van der Waals surface area contributed by atoms with Crippen LogP contribution in [0.15, 0.2) is 34.9 Å². The molecule has 4 heteroatoms. The molecule has 0 fully saturated rings. The number of aromatic nitrogens is 2. The first-order valence-electron chi connectivity index (χ1n) is 5.23. The van der Waals surface area contributed by atoms with E-state index in [2.05, 4.69) is 21.0 Å². The summed E-state index contributed by atoms with van der Waals surface area (Å²) in [6.07, 6.45) is 0.846. The van der Waals surface area contributed by atoms with Crippen molar-refractivity contribution in [2.75, 3.05) is 6.54 Å². The zero-order chi connectivity index (χ0) is 11.5. The maximum absolute atomic E-state index is 5.59. The molecule has 0 aliphatic rings. The minimum Gasteiger partial charge on any atom is -0.330 e. The number of aryl methyl sites for hydroxylation is 1. The van der Waals surface area contributed by atoms with Crippen LogP contribution in [-0.2, 0) is 6.42 Å². The number of benzene rings is 1. The second-order valence-corrected chi connectivity index (χ2v) is 4.39. The molecule has 0 saturated heterocycles. The van der Waals surface area contributed by atoms with E-state index in [0.717, 1.165) is 22.4 Å². The van der Waals surface area contributed by atoms with Gasteiger partial charge in [-0.2, -0.15) is 5.10 Å². The van der Waals surface area contributed by atoms with E-state index in [4.69, 9.17) is 5.73 Å². The van der Waals surface area contributed by atoms with Crippen molar-refractivity contribution in [2.24, 2.45) is 5.73 Å². The Morgan fingerprint density at radius 3 is 2.62 bits per heavy atom. The molecular weight excluding hydrogens is 266 g/mol. The van der Waals surface area contributed by atoms with Gasteiger partial charge in [0.15, 0.2) is 0 Å². The highest BCUT2D eigenvalue weighted by molar-refractivity contribution is 9.10. The highest BCUT2D eigenvalue weighted by Crippen LogP contribution is 2.23. The lowest BCUT2D eigenvalue weighted by Gasteiger charge is -2.03. The summed E-state index contributed by atoms with van der Waals surface area (Å²) in [5, 5.41) is 4.51. The van der Waals surface area contributed by atoms with Gasteiger partial charge in [-0.05, 0) is 48.0 Å². The molecule has 2 aromatic rings. The number of halogens is 1. The summed E-state index contributed by atoms with van der Waals surface area (Å²) in [5.74, 6) is 0. The van der Waals surface area contributed by atoms with Gasteiger partial charge in [-0.15, -0.1) is 0 Å². The molecule has 2 N–H and O–H groups in total. The average Bonchev–Trinajstić information content (AvgIpc) is 2.59. The highest BCUT2D eigenvalue weighted by Gasteiger charge is 2.12. The van der Waals surface area contributed by atoms with E-state index in [1.807, 2.05) is 41.9 Å². The van der Waals surface area contributed by atoms with Gasteiger partial charge in [0.2, 0.25) is 0 Å². The van der Waals surface area contributed by atoms with Crippen LogP contribution >= 0.6 is 15.9 Å². The Hall–Kier alpha value is -1.13. The van der Waals surface area contributed by atoms with Crippen LogP contribution in [0, 0.1) is 6.92 Å². The first-order valence-corrected chi connectivity index (χ1v) is 6.03. The molecule has 0 bridgehead atoms. The third-order valence-electron chi connectivity index (χ3n) is 2.52. The van der Waals surface area contributed by atoms with Crippen molar-refractivity contribution in [1.29, 1.82) is 0 Å². The van der Waals surface area contributed by atoms with Gasteiger partial charge >= 0.3 is 0 Å². The molecule has 0 aliphatic heterocycles. The Balaban J connectivity index is 2.47. The minimum atomic E-state index is 0.639. The third kappa shape index (κ3) is 2.03. The molecule has 0 atom stereocenters. The van der Waals surface area contributed by atoms with E-state index in [9.17, 15) is 0 Å². The van der Waals surface area contributed by atoms with Gasteiger partial charge in [0.1, 0.15) is 4.60 Å². The fraction of sp³-hybridized carbons (Fsp3) is 0.250. The SMILES string of the molecule is Cc1nn(-c2ccccc2)c(Br)c1CCN. The quantitative estimate of drug-likeness (QED) is 0.938. The van der Waals surface area contributed by atoms with Crippen molar-refractivity contribution < 1.29 is 0 Å². The highest BCUT2D eigenvalue weighted by atomic mass is 79.9. The molecular formula is C12H14BrN3. The minimum absolute atomic E-state index is 0.639. The van der Waals surface area contributed by atoms with Crippen LogP contribution in [0.3, 0.4) is 0 Å². The topological polar surface area (TPSA) is 43.8 Å². The van der Waals surface area contributed by atoms with Crippen molar-refractivity contribution in [3.05, 3.63) is 46.2 Å². The monoisotopic (exact) mass is 279 g/mol. The van der Waals surface area contributed by atoms with E-state index in [1.54, 1.807) is 0 Å². The summed E-state index contributed by atoms with van der Waals surface area (Å²) >= 11 is 3.58. The van der Waals surface area contributed by atoms with Crippen molar-refractivity contribution in [2.45, 2.75) is 13.3 Å². The molecule has 0 amide bonds. The van der Waals surface area contributed by atoms with Gasteiger partial charge in [0, 0.05) is 5.56 Å². The second kappa shape index (κ2) is 4.80. The fourth-order valence-electron chi connectivity index (χ4n) is 1.70. The summed E-state index contributed by atoms with van der Waals surface area (Å²) in [6, 6.07) is 10.1. The molecule has 1 aromatic heterocycles. The van der Waals surface area contributed by atoms with Gasteiger partial charge < -0.3 is 5.73 Å². The van der Waals surface area contributed by atoms with E-state index in [1.165, 1.54) is 5.56 Å². The lowest BCUT2D eigenvalue weighted by molar-refractivity contribution is 0.845. The smallest absolute Gasteiger partial charge is 0.113 e. The predicted octanol–water partition coefficient (Wildman–Crippen LogP) is 2.44. The lowest BCUT2D eigenvalue weighted by Crippen LogP contribution is -2.03. The summed E-state index contributed by atoms with van der Waals surface area (Å²) in [5.41, 5.74) is 8.86. The van der Waals surface area contributed by atoms with E-state index >= 15 is 0 Å². The molecule has 1 aromatic carbocycles. The molecule has 0 aliphatic carbocycles. The van der Waals surface area contributed by atoms with Crippen LogP contribution in [0.5, 0.6) is 0 Å². The van der Waals surface area contributed by atoms with Crippen LogP contribution in [0.4, 0.5) is 0 Å². The number of rotatable bonds is 3. The molecule has 16 heavy (non-hydrogen) atoms. The van der Waals surface area contributed by atoms with Crippen molar-refractivity contribution >= 4 is 15.9 Å². The molecule has 1 heterocycles. The van der Waals surface area contributed by atoms with Gasteiger partial charge in [0.05, 0.1) is 11.4 Å². The van der Waals surface area contributed by atoms with E-state index in [-0.39, 0.29) is 0 Å². The molecule has 0 spiro atoms. The van der Waals surface area contributed by atoms with Crippen LogP contribution in [0.2, 0.25) is 0 Å². The molecule has 2 rings (SSSR count). The third-order valence-corrected chi connectivity index (χ3v) is 3.33. The zero-order valence-electron chi connectivity index (χ0n) is 9.15. The number of para-hydroxylation sites is 1. The van der Waals surface area contributed by atoms with Gasteiger partial charge in [0.25, 0.3) is 0 Å². The molecule has 3 nitrogen and oxygen atoms in total. The number of hydrogen-bond acceptors (Lipinski definition) is 2. The number of nitrogens with two attached hydrogens (primary N) is 1. The fourth-order valence-corrected chi connectivity index (χ4v) is 2.47. The summed E-state index contributed by atoms with van der Waals surface area (Å²) in [7, 11) is 0. The maximum atomic E-state index is 5.59. The number of hydrogen-bond donors (Lipinski definition) is 1. The second-order valence-electron chi connectivity index (χ2n) is 3.64. The standard InChI is InChI=1S/C12H14BrN3/c1-9-11(7-8-14)12(13)16(15-9)10-5-3-2-4-6-10/h2-6H,7-8,14H2,1H3. The normalized spacial score (nSPS) is 10.7. The number of nitrogens with zero attached hydrogens (tertiary/aromatic N) is 2. The maximum Gasteiger partial charge on any atom is 0.113 e. The zero-order valence-corrected chi connectivity index (χ0v) is 10.7. The molecule has 0 radical (unpaired) electrons. The van der Waals surface area contributed by atoms with Gasteiger partial charge in [-0.3, -0.25) is 0 Å². The lowest BCUT2D eigenvalue weighted by atomic mass is 10.2. The van der Waals surface area contributed by atoms with Crippen molar-refractivity contribution in [3.63, 3.8) is 0 Å². The predicted molar refractivity (Wildman–Crippen MR) is 68.8 cm³/mol. The van der Waals surface area contributed by atoms with Crippen molar-refractivity contribution in [1.82, 2.24) is 9.78 Å². The Labute approximate surface area is 103 Å². The van der Waals surface area contributed by atoms with E-state index in [0.29, 0.717) is 6.54 Å². The first kappa shape index (κ1) is 11.4. The van der Waals surface area contributed by atoms with Crippen LogP contribution in [-0.4, -0.2) is 16.3 Å². The van der Waals surface area contributed by atoms with E-state index < -0.39 is 0 Å². The van der Waals surface area contributed by atoms with Crippen LogP contribution in [0.25, 0.3) is 5.69 Å². The Morgan fingerprint density at radius 1 is 1.31 bits per heavy atom. The first-order chi connectivity index (χ1) is 7.74. The van der Waals surface area contributed by atoms with Gasteiger partial charge in [-0.25, -0.2) is 4.68 Å². The van der Waals surface area contributed by atoms with Gasteiger partial charge in [-0.1, -0.05) is 18.2 Å². The van der Waals surface area contributed by atoms with Crippen LogP contribution < -0.4 is 5.73 Å². The van der Waals surface area contributed by atoms with Crippen LogP contribution in [0.1, 0.15) is 11.3 Å². The molecule has 0 unspecified atom stereocenters. The largest absolute Gasteiger partial charge is 0.330 e. The Bertz CT molecular complexity index is 477. The summed E-state index contributed by atoms with van der Waals surface area (Å²) in [4.78, 5) is 0. The summed E-state index contributed by atoms with van der Waals surface area (Å²) < 4.78 is 2.90. The molecule has 0 saturated carbocycles. The summed E-state index contributed by atoms with van der Waals surface area (Å²) in [6.45, 7) is 2.65. The molecule has 84 valence electrons. The van der Waals surface area contributed by atoms with Crippen molar-refractivity contribution in [3.8, 4) is 5.69 Å². The Morgan fingerprint density at radius 2 is 2.00 bits per heavy atom. The Kier molecular flexibility index (Phi) is 3.41.